The molecule has 0 amide bonds. The number of guanidine groups is 1. The summed E-state index contributed by atoms with van der Waals surface area (Å²) in [5.41, 5.74) is 5.76. The lowest BCUT2D eigenvalue weighted by Gasteiger charge is -2.21. The SMILES string of the molecule is CN(Cc1nccn1C)C(N)=NC(C)(C)C. The molecule has 0 saturated carbocycles. The molecule has 1 rings (SSSR count). The average molecular weight is 223 g/mol. The van der Waals surface area contributed by atoms with Gasteiger partial charge < -0.3 is 15.2 Å². The molecule has 0 spiro atoms. The van der Waals surface area contributed by atoms with E-state index in [0.29, 0.717) is 12.5 Å². The summed E-state index contributed by atoms with van der Waals surface area (Å²) < 4.78 is 1.97. The number of aromatic nitrogens is 2. The van der Waals surface area contributed by atoms with Gasteiger partial charge >= 0.3 is 0 Å². The molecule has 0 radical (unpaired) electrons. The number of hydrogen-bond acceptors (Lipinski definition) is 2. The van der Waals surface area contributed by atoms with Gasteiger partial charge in [-0.1, -0.05) is 0 Å². The Kier molecular flexibility index (Phi) is 3.57. The second-order valence-corrected chi connectivity index (χ2v) is 4.95. The molecule has 0 aliphatic rings. The highest BCUT2D eigenvalue weighted by Crippen LogP contribution is 2.07. The molecule has 0 aliphatic heterocycles. The van der Waals surface area contributed by atoms with Gasteiger partial charge in [0, 0.05) is 26.5 Å². The van der Waals surface area contributed by atoms with E-state index < -0.39 is 0 Å². The Morgan fingerprint density at radius 2 is 2.19 bits per heavy atom. The van der Waals surface area contributed by atoms with Gasteiger partial charge in [0.25, 0.3) is 0 Å². The highest BCUT2D eigenvalue weighted by Gasteiger charge is 2.12. The molecule has 0 atom stereocenters. The van der Waals surface area contributed by atoms with Crippen molar-refractivity contribution in [1.82, 2.24) is 14.5 Å². The van der Waals surface area contributed by atoms with Crippen LogP contribution in [0.25, 0.3) is 0 Å². The molecule has 0 unspecified atom stereocenters. The molecule has 0 saturated heterocycles. The summed E-state index contributed by atoms with van der Waals surface area (Å²) in [6.45, 7) is 6.73. The van der Waals surface area contributed by atoms with Gasteiger partial charge in [-0.05, 0) is 20.8 Å². The molecular formula is C11H21N5. The maximum absolute atomic E-state index is 5.91. The van der Waals surface area contributed by atoms with Crippen LogP contribution >= 0.6 is 0 Å². The molecule has 5 nitrogen and oxygen atoms in total. The first kappa shape index (κ1) is 12.5. The van der Waals surface area contributed by atoms with Crippen LogP contribution in [0.2, 0.25) is 0 Å². The van der Waals surface area contributed by atoms with E-state index in [-0.39, 0.29) is 5.54 Å². The van der Waals surface area contributed by atoms with Crippen LogP contribution in [0.4, 0.5) is 0 Å². The lowest BCUT2D eigenvalue weighted by Crippen LogP contribution is -2.36. The van der Waals surface area contributed by atoms with Crippen molar-refractivity contribution in [3.8, 4) is 0 Å². The van der Waals surface area contributed by atoms with Crippen LogP contribution in [0, 0.1) is 0 Å². The second kappa shape index (κ2) is 4.55. The average Bonchev–Trinajstić information content (AvgIpc) is 2.49. The summed E-state index contributed by atoms with van der Waals surface area (Å²) >= 11 is 0. The second-order valence-electron chi connectivity index (χ2n) is 4.95. The third-order valence-electron chi connectivity index (χ3n) is 2.14. The van der Waals surface area contributed by atoms with Crippen LogP contribution in [0.3, 0.4) is 0 Å². The number of aliphatic imine (C=N–C) groups is 1. The van der Waals surface area contributed by atoms with Crippen LogP contribution in [-0.4, -0.2) is 33.0 Å². The van der Waals surface area contributed by atoms with Gasteiger partial charge in [-0.25, -0.2) is 9.98 Å². The van der Waals surface area contributed by atoms with Gasteiger partial charge in [-0.15, -0.1) is 0 Å². The van der Waals surface area contributed by atoms with Crippen LogP contribution in [-0.2, 0) is 13.6 Å². The smallest absolute Gasteiger partial charge is 0.191 e. The Morgan fingerprint density at radius 3 is 2.62 bits per heavy atom. The summed E-state index contributed by atoms with van der Waals surface area (Å²) in [7, 11) is 3.88. The fourth-order valence-corrected chi connectivity index (χ4v) is 1.27. The van der Waals surface area contributed by atoms with Crippen molar-refractivity contribution >= 4 is 5.96 Å². The highest BCUT2D eigenvalue weighted by molar-refractivity contribution is 5.78. The van der Waals surface area contributed by atoms with Crippen molar-refractivity contribution in [2.24, 2.45) is 17.8 Å². The molecule has 90 valence electrons. The number of hydrogen-bond donors (Lipinski definition) is 1. The maximum Gasteiger partial charge on any atom is 0.191 e. The summed E-state index contributed by atoms with van der Waals surface area (Å²) in [5, 5.41) is 0. The minimum absolute atomic E-state index is 0.153. The van der Waals surface area contributed by atoms with E-state index >= 15 is 0 Å². The van der Waals surface area contributed by atoms with Crippen molar-refractivity contribution in [1.29, 1.82) is 0 Å². The Labute approximate surface area is 97.0 Å². The highest BCUT2D eigenvalue weighted by atomic mass is 15.3. The lowest BCUT2D eigenvalue weighted by atomic mass is 10.1. The van der Waals surface area contributed by atoms with Crippen molar-refractivity contribution in [2.45, 2.75) is 32.9 Å². The summed E-state index contributed by atoms with van der Waals surface area (Å²) in [4.78, 5) is 10.5. The number of imidazole rings is 1. The van der Waals surface area contributed by atoms with Crippen molar-refractivity contribution < 1.29 is 0 Å². The first-order chi connectivity index (χ1) is 7.29. The maximum atomic E-state index is 5.91. The topological polar surface area (TPSA) is 59.4 Å². The van der Waals surface area contributed by atoms with Crippen LogP contribution in [0.15, 0.2) is 17.4 Å². The minimum atomic E-state index is -0.153. The van der Waals surface area contributed by atoms with E-state index in [2.05, 4.69) is 9.98 Å². The Bertz CT molecular complexity index is 372. The zero-order valence-electron chi connectivity index (χ0n) is 10.7. The largest absolute Gasteiger partial charge is 0.370 e. The summed E-state index contributed by atoms with van der Waals surface area (Å²) in [6, 6.07) is 0. The predicted molar refractivity (Wildman–Crippen MR) is 66.1 cm³/mol. The van der Waals surface area contributed by atoms with E-state index in [9.17, 15) is 0 Å². The van der Waals surface area contributed by atoms with Crippen LogP contribution in [0.5, 0.6) is 0 Å². The molecule has 5 heteroatoms. The predicted octanol–water partition coefficient (Wildman–Crippen LogP) is 0.965. The molecular weight excluding hydrogens is 202 g/mol. The molecule has 0 bridgehead atoms. The third-order valence-corrected chi connectivity index (χ3v) is 2.14. The fourth-order valence-electron chi connectivity index (χ4n) is 1.27. The quantitative estimate of drug-likeness (QED) is 0.600. The van der Waals surface area contributed by atoms with E-state index in [1.807, 2.05) is 50.5 Å². The van der Waals surface area contributed by atoms with Gasteiger partial charge in [-0.3, -0.25) is 0 Å². The fraction of sp³-hybridized carbons (Fsp3) is 0.636. The van der Waals surface area contributed by atoms with Crippen molar-refractivity contribution in [3.63, 3.8) is 0 Å². The Balaban J connectivity index is 2.70. The zero-order chi connectivity index (χ0) is 12.3. The first-order valence-corrected chi connectivity index (χ1v) is 5.32. The normalized spacial score (nSPS) is 12.9. The van der Waals surface area contributed by atoms with Crippen LogP contribution in [0.1, 0.15) is 26.6 Å². The Hall–Kier alpha value is -1.52. The van der Waals surface area contributed by atoms with Crippen molar-refractivity contribution in [3.05, 3.63) is 18.2 Å². The number of aryl methyl sites for hydroxylation is 1. The molecule has 1 aromatic rings. The van der Waals surface area contributed by atoms with E-state index in [1.54, 1.807) is 6.20 Å². The van der Waals surface area contributed by atoms with Gasteiger partial charge in [0.05, 0.1) is 12.1 Å². The standard InChI is InChI=1S/C11H21N5/c1-11(2,3)14-10(12)16(5)8-9-13-6-7-15(9)4/h6-7H,8H2,1-5H3,(H2,12,14). The first-order valence-electron chi connectivity index (χ1n) is 5.32. The van der Waals surface area contributed by atoms with E-state index in [1.165, 1.54) is 0 Å². The third kappa shape index (κ3) is 3.56. The molecule has 2 N–H and O–H groups in total. The number of nitrogens with zero attached hydrogens (tertiary/aromatic N) is 4. The summed E-state index contributed by atoms with van der Waals surface area (Å²) in [5.74, 6) is 1.50. The minimum Gasteiger partial charge on any atom is -0.370 e. The lowest BCUT2D eigenvalue weighted by molar-refractivity contribution is 0.454. The summed E-state index contributed by atoms with van der Waals surface area (Å²) in [6.07, 6.45) is 3.69. The van der Waals surface area contributed by atoms with Gasteiger partial charge in [0.2, 0.25) is 0 Å². The molecule has 1 heterocycles. The zero-order valence-corrected chi connectivity index (χ0v) is 10.7. The monoisotopic (exact) mass is 223 g/mol. The number of nitrogens with two attached hydrogens (primary N) is 1. The van der Waals surface area contributed by atoms with Crippen molar-refractivity contribution in [2.75, 3.05) is 7.05 Å². The van der Waals surface area contributed by atoms with E-state index in [0.717, 1.165) is 5.82 Å². The molecule has 0 aliphatic carbocycles. The van der Waals surface area contributed by atoms with E-state index in [4.69, 9.17) is 5.73 Å². The van der Waals surface area contributed by atoms with Gasteiger partial charge in [0.15, 0.2) is 5.96 Å². The molecule has 0 fully saturated rings. The molecule has 1 aromatic heterocycles. The van der Waals surface area contributed by atoms with Crippen LogP contribution < -0.4 is 5.73 Å². The Morgan fingerprint density at radius 1 is 1.56 bits per heavy atom. The molecule has 16 heavy (non-hydrogen) atoms. The number of rotatable bonds is 2. The molecule has 0 aromatic carbocycles. The van der Waals surface area contributed by atoms with Gasteiger partial charge in [-0.2, -0.15) is 0 Å². The van der Waals surface area contributed by atoms with Gasteiger partial charge in [0.1, 0.15) is 5.82 Å².